The minimum absolute atomic E-state index is 0.387. The van der Waals surface area contributed by atoms with Gasteiger partial charge in [0.15, 0.2) is 0 Å². The number of rotatable bonds is 14. The van der Waals surface area contributed by atoms with Gasteiger partial charge in [-0.05, 0) is 117 Å². The van der Waals surface area contributed by atoms with Crippen LogP contribution in [0.3, 0.4) is 0 Å². The van der Waals surface area contributed by atoms with Crippen molar-refractivity contribution in [2.75, 3.05) is 46.5 Å². The first-order chi connectivity index (χ1) is 25.0. The predicted octanol–water partition coefficient (Wildman–Crippen LogP) is 6.03. The molecular formula is C42H61N7O2. The van der Waals surface area contributed by atoms with E-state index in [1.54, 1.807) is 7.11 Å². The first-order valence-electron chi connectivity index (χ1n) is 19.0. The molecule has 276 valence electrons. The van der Waals surface area contributed by atoms with Crippen LogP contribution >= 0.6 is 0 Å². The summed E-state index contributed by atoms with van der Waals surface area (Å²) in [6.45, 7) is 11.6. The first-order valence-corrected chi connectivity index (χ1v) is 19.0. The number of hydrogen-bond donors (Lipinski definition) is 2. The summed E-state index contributed by atoms with van der Waals surface area (Å²) in [4.78, 5) is 9.17. The highest BCUT2D eigenvalue weighted by Gasteiger charge is 2.17. The summed E-state index contributed by atoms with van der Waals surface area (Å²) in [5.41, 5.74) is 19.7. The van der Waals surface area contributed by atoms with E-state index in [0.717, 1.165) is 96.3 Å². The maximum Gasteiger partial charge on any atom is 0.233 e. The second-order valence-electron chi connectivity index (χ2n) is 13.4. The van der Waals surface area contributed by atoms with Gasteiger partial charge >= 0.3 is 0 Å². The van der Waals surface area contributed by atoms with E-state index in [4.69, 9.17) is 20.9 Å². The first kappa shape index (κ1) is 40.0. The molecule has 0 saturated carbocycles. The van der Waals surface area contributed by atoms with Gasteiger partial charge in [0, 0.05) is 50.7 Å². The summed E-state index contributed by atoms with van der Waals surface area (Å²) in [5, 5.41) is 8.35. The van der Waals surface area contributed by atoms with Gasteiger partial charge in [0.05, 0.1) is 12.3 Å². The van der Waals surface area contributed by atoms with Crippen molar-refractivity contribution >= 4 is 0 Å². The molecular weight excluding hydrogens is 635 g/mol. The summed E-state index contributed by atoms with van der Waals surface area (Å²) in [6, 6.07) is 26.8. The molecule has 0 spiro atoms. The van der Waals surface area contributed by atoms with Gasteiger partial charge in [-0.3, -0.25) is 14.8 Å². The molecule has 9 heteroatoms. The van der Waals surface area contributed by atoms with Gasteiger partial charge in [-0.1, -0.05) is 68.4 Å². The van der Waals surface area contributed by atoms with E-state index in [2.05, 4.69) is 79.6 Å². The Kier molecular flexibility index (Phi) is 18.0. The molecule has 6 rings (SSSR count). The number of aromatic nitrogens is 3. The number of hydrogen-bond acceptors (Lipinski definition) is 9. The molecule has 0 amide bonds. The summed E-state index contributed by atoms with van der Waals surface area (Å²) in [5.74, 6) is 0.541. The van der Waals surface area contributed by atoms with E-state index in [0.29, 0.717) is 31.2 Å². The van der Waals surface area contributed by atoms with Crippen LogP contribution in [0.5, 0.6) is 5.88 Å². The number of aryl methyl sites for hydroxylation is 4. The Bertz CT molecular complexity index is 1450. The molecule has 0 bridgehead atoms. The highest BCUT2D eigenvalue weighted by molar-refractivity contribution is 5.25. The molecule has 51 heavy (non-hydrogen) atoms. The van der Waals surface area contributed by atoms with Gasteiger partial charge in [-0.15, -0.1) is 5.10 Å². The molecule has 0 atom stereocenters. The van der Waals surface area contributed by atoms with Crippen LogP contribution in [0.4, 0.5) is 0 Å². The molecule has 4 aromatic rings. The molecule has 0 unspecified atom stereocenters. The van der Waals surface area contributed by atoms with Crippen LogP contribution in [0.25, 0.3) is 0 Å². The van der Waals surface area contributed by atoms with Gasteiger partial charge in [0.1, 0.15) is 6.61 Å². The smallest absolute Gasteiger partial charge is 0.233 e. The van der Waals surface area contributed by atoms with Gasteiger partial charge in [0.2, 0.25) is 5.88 Å². The van der Waals surface area contributed by atoms with E-state index in [9.17, 15) is 0 Å². The molecule has 2 aromatic heterocycles. The second kappa shape index (κ2) is 23.0. The minimum atomic E-state index is 0.387. The van der Waals surface area contributed by atoms with Crippen LogP contribution < -0.4 is 16.2 Å². The number of piperidine rings is 2. The number of methoxy groups -OCH3 is 1. The zero-order valence-electron chi connectivity index (χ0n) is 31.3. The Hall–Kier alpha value is -3.73. The molecule has 4 heterocycles. The molecule has 0 radical (unpaired) electrons. The average Bonchev–Trinajstić information content (AvgIpc) is 3.18. The fraction of sp³-hybridized carbons (Fsp3) is 0.500. The van der Waals surface area contributed by atoms with Crippen LogP contribution in [0.2, 0.25) is 0 Å². The SMILES string of the molecule is CC.COCCOc1ccc(CCc2ccc(CN3CCC(N)CC3)cc2)nn1.NC1CCN(Cc2ccc(CCc3cccnc3)cc2)CC1. The Morgan fingerprint density at radius 1 is 0.608 bits per heavy atom. The molecule has 0 aliphatic carbocycles. The third kappa shape index (κ3) is 15.2. The summed E-state index contributed by atoms with van der Waals surface area (Å²) >= 11 is 0. The molecule has 2 aliphatic rings. The Balaban J connectivity index is 0.000000222. The Morgan fingerprint density at radius 3 is 1.59 bits per heavy atom. The van der Waals surface area contributed by atoms with Crippen LogP contribution in [0, 0.1) is 0 Å². The standard InChI is InChI=1S/C21H30N4O2.C19H25N3.C2H6/c1-26-14-15-27-21-9-8-20(23-24-21)7-6-17-2-4-18(5-3-17)16-25-12-10-19(22)11-13-25;20-19-9-12-22(13-10-19)15-18-7-4-16(5-8-18)3-6-17-2-1-11-21-14-17;1-2/h2-5,8-9,19H,6-7,10-16,22H2,1H3;1-2,4-5,7-8,11,14,19H,3,6,9-10,12-13,15,20H2;1-2H3. The van der Waals surface area contributed by atoms with Crippen LogP contribution in [-0.2, 0) is 43.5 Å². The van der Waals surface area contributed by atoms with E-state index >= 15 is 0 Å². The number of nitrogens with zero attached hydrogens (tertiary/aromatic N) is 5. The number of likely N-dealkylation sites (tertiary alicyclic amines) is 2. The largest absolute Gasteiger partial charge is 0.474 e. The number of benzene rings is 2. The van der Waals surface area contributed by atoms with Gasteiger partial charge in [-0.25, -0.2) is 0 Å². The maximum atomic E-state index is 5.98. The van der Waals surface area contributed by atoms with E-state index in [1.165, 1.54) is 27.8 Å². The van der Waals surface area contributed by atoms with Crippen LogP contribution in [0.1, 0.15) is 73.0 Å². The van der Waals surface area contributed by atoms with Crippen molar-refractivity contribution in [3.8, 4) is 5.88 Å². The zero-order chi connectivity index (χ0) is 36.1. The van der Waals surface area contributed by atoms with Crippen molar-refractivity contribution in [3.05, 3.63) is 119 Å². The van der Waals surface area contributed by atoms with Crippen molar-refractivity contribution in [2.24, 2.45) is 11.5 Å². The fourth-order valence-electron chi connectivity index (χ4n) is 6.26. The molecule has 2 aromatic carbocycles. The van der Waals surface area contributed by atoms with Crippen LogP contribution in [-0.4, -0.2) is 83.6 Å². The number of nitrogens with two attached hydrogens (primary N) is 2. The van der Waals surface area contributed by atoms with Crippen molar-refractivity contribution in [3.63, 3.8) is 0 Å². The number of pyridine rings is 1. The summed E-state index contributed by atoms with van der Waals surface area (Å²) < 4.78 is 10.4. The van der Waals surface area contributed by atoms with Gasteiger partial charge in [-0.2, -0.15) is 5.10 Å². The highest BCUT2D eigenvalue weighted by Crippen LogP contribution is 2.16. The topological polar surface area (TPSA) is 116 Å². The molecule has 2 saturated heterocycles. The quantitative estimate of drug-likeness (QED) is 0.153. The predicted molar refractivity (Wildman–Crippen MR) is 208 cm³/mol. The second-order valence-corrected chi connectivity index (χ2v) is 13.4. The van der Waals surface area contributed by atoms with Crippen molar-refractivity contribution in [2.45, 2.75) is 90.4 Å². The van der Waals surface area contributed by atoms with Crippen molar-refractivity contribution in [1.82, 2.24) is 25.0 Å². The minimum Gasteiger partial charge on any atom is -0.474 e. The lowest BCUT2D eigenvalue weighted by molar-refractivity contribution is 0.143. The Labute approximate surface area is 306 Å². The van der Waals surface area contributed by atoms with E-state index in [-0.39, 0.29) is 0 Å². The lowest BCUT2D eigenvalue weighted by Crippen LogP contribution is -2.39. The molecule has 2 fully saturated rings. The normalized spacial score (nSPS) is 15.7. The average molecular weight is 696 g/mol. The Morgan fingerprint density at radius 2 is 1.12 bits per heavy atom. The fourth-order valence-corrected chi connectivity index (χ4v) is 6.26. The van der Waals surface area contributed by atoms with Gasteiger partial charge < -0.3 is 20.9 Å². The maximum absolute atomic E-state index is 5.98. The molecule has 2 aliphatic heterocycles. The van der Waals surface area contributed by atoms with Gasteiger partial charge in [0.25, 0.3) is 0 Å². The summed E-state index contributed by atoms with van der Waals surface area (Å²) in [7, 11) is 1.65. The molecule has 9 nitrogen and oxygen atoms in total. The lowest BCUT2D eigenvalue weighted by atomic mass is 10.0. The molecule has 4 N–H and O–H groups in total. The lowest BCUT2D eigenvalue weighted by Gasteiger charge is -2.30. The van der Waals surface area contributed by atoms with Crippen LogP contribution in [0.15, 0.2) is 85.2 Å². The van der Waals surface area contributed by atoms with E-state index in [1.807, 2.05) is 44.4 Å². The van der Waals surface area contributed by atoms with E-state index < -0.39 is 0 Å². The monoisotopic (exact) mass is 695 g/mol. The summed E-state index contributed by atoms with van der Waals surface area (Å²) in [6.07, 6.45) is 12.2. The number of ether oxygens (including phenoxy) is 2. The van der Waals surface area contributed by atoms with Crippen molar-refractivity contribution in [1.29, 1.82) is 0 Å². The third-order valence-corrected chi connectivity index (χ3v) is 9.45. The zero-order valence-corrected chi connectivity index (χ0v) is 31.3. The van der Waals surface area contributed by atoms with Crippen molar-refractivity contribution < 1.29 is 9.47 Å². The highest BCUT2D eigenvalue weighted by atomic mass is 16.5. The third-order valence-electron chi connectivity index (χ3n) is 9.45.